The second-order valence-corrected chi connectivity index (χ2v) is 10.0. The van der Waals surface area contributed by atoms with Gasteiger partial charge < -0.3 is 34.4 Å². The number of aryl methyl sites for hydroxylation is 1. The lowest BCUT2D eigenvalue weighted by Gasteiger charge is -2.16. The number of aliphatic hydroxyl groups excluding tert-OH is 1. The standard InChI is InChI=1S/C26H28ClFN4O5/c1-34-6-2-3-13-7-14-4-5-18(21(14)17(28)8-13)29-24-16(27)9-19-25(31-24)32-26(30-19)37-11-15-10-35-23-20(33)12-36-22(15)23/h2-3,7-9,15,18,20,22-23,33H,4-6,10-12H2,1H3,(H2,29,30,31,32)/b3-2+/t15-,18?,20?,22+,23+/m0/s1. The van der Waals surface area contributed by atoms with Gasteiger partial charge in [-0.05, 0) is 36.1 Å². The smallest absolute Gasteiger partial charge is 0.296 e. The number of aliphatic hydroxyl groups is 1. The molecule has 6 rings (SSSR count). The lowest BCUT2D eigenvalue weighted by Crippen LogP contribution is -2.31. The van der Waals surface area contributed by atoms with Crippen LogP contribution >= 0.6 is 11.6 Å². The molecule has 0 amide bonds. The zero-order valence-electron chi connectivity index (χ0n) is 20.2. The van der Waals surface area contributed by atoms with Crippen LogP contribution in [-0.4, -0.2) is 71.9 Å². The number of methoxy groups -OCH3 is 1. The van der Waals surface area contributed by atoms with Crippen LogP contribution in [0.3, 0.4) is 0 Å². The van der Waals surface area contributed by atoms with E-state index in [1.165, 1.54) is 6.07 Å². The lowest BCUT2D eigenvalue weighted by molar-refractivity contribution is 0.0151. The Bertz CT molecular complexity index is 1330. The first-order valence-corrected chi connectivity index (χ1v) is 12.7. The van der Waals surface area contributed by atoms with Gasteiger partial charge in [0.2, 0.25) is 0 Å². The average Bonchev–Trinajstić information content (AvgIpc) is 3.64. The van der Waals surface area contributed by atoms with Crippen LogP contribution in [0.5, 0.6) is 6.01 Å². The van der Waals surface area contributed by atoms with Crippen LogP contribution in [0, 0.1) is 11.7 Å². The van der Waals surface area contributed by atoms with Crippen molar-refractivity contribution >= 4 is 34.7 Å². The van der Waals surface area contributed by atoms with E-state index in [0.29, 0.717) is 53.4 Å². The number of aromatic amines is 1. The fourth-order valence-corrected chi connectivity index (χ4v) is 5.58. The fraction of sp³-hybridized carbons (Fsp3) is 0.462. The highest BCUT2D eigenvalue weighted by Crippen LogP contribution is 2.38. The van der Waals surface area contributed by atoms with Crippen molar-refractivity contribution in [1.82, 2.24) is 15.0 Å². The Hall–Kier alpha value is -2.76. The SMILES string of the molecule is COC/C=C/c1cc(F)c2c(c1)CCC2Nc1nc2nc(OC[C@@H]3CO[C@@H]4C(O)CO[C@H]34)[nH]c2cc1Cl. The van der Waals surface area contributed by atoms with E-state index in [1.807, 2.05) is 18.2 Å². The highest BCUT2D eigenvalue weighted by Gasteiger charge is 2.47. The molecular weight excluding hydrogens is 503 g/mol. The number of benzene rings is 1. The normalized spacial score (nSPS) is 26.8. The summed E-state index contributed by atoms with van der Waals surface area (Å²) in [6.45, 7) is 1.53. The number of halogens is 2. The number of pyridine rings is 1. The Labute approximate surface area is 217 Å². The quantitative estimate of drug-likeness (QED) is 0.405. The van der Waals surface area contributed by atoms with Gasteiger partial charge in [0.15, 0.2) is 5.65 Å². The number of nitrogens with zero attached hydrogens (tertiary/aromatic N) is 2. The zero-order valence-corrected chi connectivity index (χ0v) is 21.0. The van der Waals surface area contributed by atoms with Gasteiger partial charge >= 0.3 is 0 Å². The molecule has 1 aromatic carbocycles. The van der Waals surface area contributed by atoms with E-state index in [-0.39, 0.29) is 36.6 Å². The summed E-state index contributed by atoms with van der Waals surface area (Å²) in [6.07, 6.45) is 4.11. The predicted molar refractivity (Wildman–Crippen MR) is 135 cm³/mol. The predicted octanol–water partition coefficient (Wildman–Crippen LogP) is 3.66. The van der Waals surface area contributed by atoms with Gasteiger partial charge in [-0.2, -0.15) is 4.98 Å². The van der Waals surface area contributed by atoms with Crippen molar-refractivity contribution in [3.8, 4) is 6.01 Å². The van der Waals surface area contributed by atoms with Gasteiger partial charge in [0.1, 0.15) is 23.8 Å². The molecule has 2 aromatic heterocycles. The molecule has 1 aliphatic carbocycles. The van der Waals surface area contributed by atoms with Crippen molar-refractivity contribution in [2.45, 2.75) is 37.2 Å². The summed E-state index contributed by atoms with van der Waals surface area (Å²) >= 11 is 6.52. The van der Waals surface area contributed by atoms with Crippen molar-refractivity contribution in [3.05, 3.63) is 51.8 Å². The van der Waals surface area contributed by atoms with Crippen molar-refractivity contribution < 1.29 is 28.4 Å². The highest BCUT2D eigenvalue weighted by atomic mass is 35.5. The molecule has 2 fully saturated rings. The van der Waals surface area contributed by atoms with E-state index >= 15 is 4.39 Å². The molecule has 0 spiro atoms. The largest absolute Gasteiger partial charge is 0.464 e. The number of imidazole rings is 1. The summed E-state index contributed by atoms with van der Waals surface area (Å²) in [5.74, 6) is 0.181. The molecule has 3 aromatic rings. The number of hydrogen-bond donors (Lipinski definition) is 3. The maximum absolute atomic E-state index is 15.1. The molecule has 0 radical (unpaired) electrons. The van der Waals surface area contributed by atoms with E-state index in [1.54, 1.807) is 13.2 Å². The number of ether oxygens (including phenoxy) is 4. The summed E-state index contributed by atoms with van der Waals surface area (Å²) in [5.41, 5.74) is 3.49. The van der Waals surface area contributed by atoms with Gasteiger partial charge in [0.25, 0.3) is 6.01 Å². The van der Waals surface area contributed by atoms with E-state index in [2.05, 4.69) is 20.3 Å². The molecule has 196 valence electrons. The van der Waals surface area contributed by atoms with Gasteiger partial charge in [-0.1, -0.05) is 29.8 Å². The number of anilines is 1. The van der Waals surface area contributed by atoms with E-state index < -0.39 is 6.10 Å². The Balaban J connectivity index is 1.15. The summed E-state index contributed by atoms with van der Waals surface area (Å²) in [4.78, 5) is 12.1. The fourth-order valence-electron chi connectivity index (χ4n) is 5.38. The second-order valence-electron chi connectivity index (χ2n) is 9.64. The lowest BCUT2D eigenvalue weighted by atomic mass is 10.0. The van der Waals surface area contributed by atoms with Gasteiger partial charge in [-0.15, -0.1) is 0 Å². The van der Waals surface area contributed by atoms with Crippen LogP contribution in [-0.2, 0) is 20.6 Å². The van der Waals surface area contributed by atoms with Crippen molar-refractivity contribution in [3.63, 3.8) is 0 Å². The second kappa shape index (κ2) is 10.2. The van der Waals surface area contributed by atoms with Crippen molar-refractivity contribution in [2.24, 2.45) is 5.92 Å². The Morgan fingerprint density at radius 3 is 2.97 bits per heavy atom. The molecule has 3 N–H and O–H groups in total. The van der Waals surface area contributed by atoms with E-state index in [9.17, 15) is 5.11 Å². The maximum atomic E-state index is 15.1. The molecule has 0 saturated carbocycles. The Kier molecular flexibility index (Phi) is 6.76. The number of aromatic nitrogens is 3. The van der Waals surface area contributed by atoms with Crippen LogP contribution in [0.1, 0.15) is 29.2 Å². The van der Waals surface area contributed by atoms with Gasteiger partial charge in [0.05, 0.1) is 49.1 Å². The molecule has 4 heterocycles. The van der Waals surface area contributed by atoms with Gasteiger partial charge in [0, 0.05) is 18.6 Å². The maximum Gasteiger partial charge on any atom is 0.296 e. The Morgan fingerprint density at radius 1 is 1.24 bits per heavy atom. The zero-order chi connectivity index (χ0) is 25.5. The number of H-pyrrole nitrogens is 1. The minimum absolute atomic E-state index is 0.00236. The van der Waals surface area contributed by atoms with E-state index in [0.717, 1.165) is 24.0 Å². The number of fused-ring (bicyclic) bond motifs is 3. The van der Waals surface area contributed by atoms with Gasteiger partial charge in [-0.25, -0.2) is 9.37 Å². The molecular formula is C26H28ClFN4O5. The summed E-state index contributed by atoms with van der Waals surface area (Å²) in [7, 11) is 1.62. The average molecular weight is 531 g/mol. The van der Waals surface area contributed by atoms with Crippen LogP contribution < -0.4 is 10.1 Å². The van der Waals surface area contributed by atoms with Crippen LogP contribution in [0.15, 0.2) is 24.3 Å². The molecule has 5 atom stereocenters. The van der Waals surface area contributed by atoms with Crippen molar-refractivity contribution in [1.29, 1.82) is 0 Å². The minimum Gasteiger partial charge on any atom is -0.464 e. The molecule has 11 heteroatoms. The third-order valence-corrected chi connectivity index (χ3v) is 7.43. The molecule has 2 saturated heterocycles. The molecule has 9 nitrogen and oxygen atoms in total. The van der Waals surface area contributed by atoms with Crippen LogP contribution in [0.25, 0.3) is 17.2 Å². The number of nitrogens with one attached hydrogen (secondary N) is 2. The molecule has 3 aliphatic rings. The molecule has 37 heavy (non-hydrogen) atoms. The summed E-state index contributed by atoms with van der Waals surface area (Å²) in [5, 5.41) is 13.6. The van der Waals surface area contributed by atoms with Crippen molar-refractivity contribution in [2.75, 3.05) is 38.9 Å². The molecule has 2 unspecified atom stereocenters. The Morgan fingerprint density at radius 2 is 2.11 bits per heavy atom. The third kappa shape index (κ3) is 4.80. The van der Waals surface area contributed by atoms with Crippen LogP contribution in [0.2, 0.25) is 5.02 Å². The summed E-state index contributed by atoms with van der Waals surface area (Å²) < 4.78 is 37.2. The molecule has 0 bridgehead atoms. The summed E-state index contributed by atoms with van der Waals surface area (Å²) in [6, 6.07) is 5.34. The monoisotopic (exact) mass is 530 g/mol. The first-order valence-electron chi connectivity index (χ1n) is 12.3. The first-order chi connectivity index (χ1) is 18.0. The number of hydrogen-bond acceptors (Lipinski definition) is 8. The third-order valence-electron chi connectivity index (χ3n) is 7.14. The first kappa shape index (κ1) is 24.6. The minimum atomic E-state index is -0.599. The van der Waals surface area contributed by atoms with Crippen LogP contribution in [0.4, 0.5) is 10.2 Å². The highest BCUT2D eigenvalue weighted by molar-refractivity contribution is 6.33. The van der Waals surface area contributed by atoms with Gasteiger partial charge in [-0.3, -0.25) is 0 Å². The molecule has 2 aliphatic heterocycles. The number of rotatable bonds is 8. The van der Waals surface area contributed by atoms with E-state index in [4.69, 9.17) is 30.5 Å². The topological polar surface area (TPSA) is 111 Å².